The van der Waals surface area contributed by atoms with E-state index in [2.05, 4.69) is 0 Å². The van der Waals surface area contributed by atoms with Gasteiger partial charge < -0.3 is 14.3 Å². The highest BCUT2D eigenvalue weighted by molar-refractivity contribution is 5.85. The molecule has 1 heterocycles. The van der Waals surface area contributed by atoms with Crippen molar-refractivity contribution in [3.8, 4) is 5.75 Å². The van der Waals surface area contributed by atoms with Crippen molar-refractivity contribution in [2.24, 2.45) is 0 Å². The topological polar surface area (TPSA) is 59.7 Å². The summed E-state index contributed by atoms with van der Waals surface area (Å²) in [5, 5.41) is 8.88. The molecule has 0 bridgehead atoms. The predicted octanol–water partition coefficient (Wildman–Crippen LogP) is 4.91. The fourth-order valence-electron chi connectivity index (χ4n) is 2.41. The van der Waals surface area contributed by atoms with Crippen LogP contribution in [0, 0.1) is 5.82 Å². The molecule has 0 fully saturated rings. The summed E-state index contributed by atoms with van der Waals surface area (Å²) >= 11 is 0. The number of carboxylic acid groups (broad SMARTS) is 1. The van der Waals surface area contributed by atoms with Gasteiger partial charge in [-0.25, -0.2) is 9.18 Å². The van der Waals surface area contributed by atoms with Crippen molar-refractivity contribution >= 4 is 18.1 Å². The van der Waals surface area contributed by atoms with Gasteiger partial charge in [0.05, 0.1) is 6.61 Å². The van der Waals surface area contributed by atoms with Gasteiger partial charge in [-0.15, -0.1) is 0 Å². The Kier molecular flexibility index (Phi) is 5.49. The third-order valence-corrected chi connectivity index (χ3v) is 3.75. The average molecular weight is 352 g/mol. The van der Waals surface area contributed by atoms with Crippen molar-refractivity contribution in [2.75, 3.05) is 6.61 Å². The second-order valence-corrected chi connectivity index (χ2v) is 5.60. The molecule has 132 valence electrons. The number of carbonyl (C=O) groups is 1. The minimum Gasteiger partial charge on any atom is -0.493 e. The van der Waals surface area contributed by atoms with Crippen LogP contribution in [0.2, 0.25) is 0 Å². The van der Waals surface area contributed by atoms with Gasteiger partial charge in [-0.2, -0.15) is 0 Å². The van der Waals surface area contributed by atoms with Crippen molar-refractivity contribution in [3.05, 3.63) is 89.1 Å². The number of aromatic carboxylic acids is 1. The molecule has 0 amide bonds. The van der Waals surface area contributed by atoms with Crippen LogP contribution in [-0.2, 0) is 6.42 Å². The van der Waals surface area contributed by atoms with E-state index in [-0.39, 0.29) is 11.6 Å². The lowest BCUT2D eigenvalue weighted by Gasteiger charge is -2.09. The van der Waals surface area contributed by atoms with Crippen molar-refractivity contribution < 1.29 is 23.4 Å². The van der Waals surface area contributed by atoms with Crippen LogP contribution >= 0.6 is 0 Å². The number of hydrogen-bond donors (Lipinski definition) is 1. The fourth-order valence-corrected chi connectivity index (χ4v) is 2.41. The molecule has 1 N–H and O–H groups in total. The Balaban J connectivity index is 1.64. The maximum absolute atomic E-state index is 12.9. The maximum atomic E-state index is 12.9. The van der Waals surface area contributed by atoms with Gasteiger partial charge in [-0.3, -0.25) is 0 Å². The van der Waals surface area contributed by atoms with E-state index in [4.69, 9.17) is 14.3 Å². The molecule has 0 saturated carbocycles. The largest absolute Gasteiger partial charge is 0.493 e. The lowest BCUT2D eigenvalue weighted by atomic mass is 10.1. The Hall–Kier alpha value is -3.34. The number of hydrogen-bond acceptors (Lipinski definition) is 3. The first-order valence-corrected chi connectivity index (χ1v) is 8.09. The smallest absolute Gasteiger partial charge is 0.371 e. The van der Waals surface area contributed by atoms with E-state index in [0.29, 0.717) is 24.5 Å². The third-order valence-electron chi connectivity index (χ3n) is 3.75. The van der Waals surface area contributed by atoms with Gasteiger partial charge >= 0.3 is 5.97 Å². The minimum absolute atomic E-state index is 0.103. The summed E-state index contributed by atoms with van der Waals surface area (Å²) in [5.41, 5.74) is 1.84. The maximum Gasteiger partial charge on any atom is 0.371 e. The third kappa shape index (κ3) is 4.60. The number of rotatable bonds is 7. The molecule has 4 nitrogen and oxygen atoms in total. The number of ether oxygens (including phenoxy) is 1. The highest BCUT2D eigenvalue weighted by Gasteiger charge is 2.07. The molecule has 5 heteroatoms. The Morgan fingerprint density at radius 3 is 2.54 bits per heavy atom. The molecule has 3 rings (SSSR count). The van der Waals surface area contributed by atoms with E-state index in [9.17, 15) is 9.18 Å². The molecule has 0 unspecified atom stereocenters. The number of furan rings is 1. The first kappa shape index (κ1) is 17.5. The van der Waals surface area contributed by atoms with Crippen LogP contribution in [0.25, 0.3) is 12.2 Å². The monoisotopic (exact) mass is 352 g/mol. The van der Waals surface area contributed by atoms with Crippen molar-refractivity contribution in [2.45, 2.75) is 6.42 Å². The van der Waals surface area contributed by atoms with Gasteiger partial charge in [0.15, 0.2) is 0 Å². The Bertz CT molecular complexity index is 910. The number of halogens is 1. The van der Waals surface area contributed by atoms with Gasteiger partial charge in [0.1, 0.15) is 17.3 Å². The van der Waals surface area contributed by atoms with Gasteiger partial charge in [-0.05, 0) is 48.0 Å². The molecule has 3 aromatic rings. The summed E-state index contributed by atoms with van der Waals surface area (Å²) in [6, 6.07) is 16.9. The van der Waals surface area contributed by atoms with Crippen LogP contribution in [0.5, 0.6) is 5.75 Å². The second-order valence-electron chi connectivity index (χ2n) is 5.60. The van der Waals surface area contributed by atoms with Crippen molar-refractivity contribution in [1.82, 2.24) is 0 Å². The van der Waals surface area contributed by atoms with Crippen LogP contribution in [0.1, 0.15) is 27.4 Å². The number of para-hydroxylation sites is 1. The molecule has 1 aromatic heterocycles. The molecule has 0 aliphatic heterocycles. The molecule has 26 heavy (non-hydrogen) atoms. The lowest BCUT2D eigenvalue weighted by Crippen LogP contribution is -2.02. The molecule has 0 radical (unpaired) electrons. The Labute approximate surface area is 150 Å². The molecule has 2 aromatic carbocycles. The molecule has 0 aliphatic rings. The quantitative estimate of drug-likeness (QED) is 0.656. The summed E-state index contributed by atoms with van der Waals surface area (Å²) in [7, 11) is 0. The Morgan fingerprint density at radius 1 is 1.04 bits per heavy atom. The zero-order valence-corrected chi connectivity index (χ0v) is 13.9. The summed E-state index contributed by atoms with van der Waals surface area (Å²) in [6.45, 7) is 0.459. The van der Waals surface area contributed by atoms with Crippen LogP contribution in [0.4, 0.5) is 4.39 Å². The van der Waals surface area contributed by atoms with Gasteiger partial charge in [0.2, 0.25) is 5.76 Å². The first-order valence-electron chi connectivity index (χ1n) is 8.09. The van der Waals surface area contributed by atoms with E-state index < -0.39 is 5.97 Å². The molecular formula is C21H17FO4. The summed E-state index contributed by atoms with van der Waals surface area (Å²) < 4.78 is 23.9. The van der Waals surface area contributed by atoms with Gasteiger partial charge in [-0.1, -0.05) is 30.3 Å². The zero-order chi connectivity index (χ0) is 18.4. The fraction of sp³-hybridized carbons (Fsp3) is 0.0952. The number of carboxylic acids is 1. The highest BCUT2D eigenvalue weighted by Crippen LogP contribution is 2.21. The van der Waals surface area contributed by atoms with Crippen LogP contribution in [0.3, 0.4) is 0 Å². The molecule has 0 saturated heterocycles. The van der Waals surface area contributed by atoms with E-state index in [1.165, 1.54) is 18.2 Å². The summed E-state index contributed by atoms with van der Waals surface area (Å²) in [6.07, 6.45) is 4.16. The van der Waals surface area contributed by atoms with E-state index in [1.807, 2.05) is 24.3 Å². The van der Waals surface area contributed by atoms with Crippen LogP contribution in [-0.4, -0.2) is 17.7 Å². The molecule has 0 spiro atoms. The molecule has 0 aliphatic carbocycles. The molecule has 0 atom stereocenters. The Morgan fingerprint density at radius 2 is 1.81 bits per heavy atom. The standard InChI is InChI=1S/C21H17FO4/c22-17-8-5-15(6-9-17)13-14-25-19-4-2-1-3-16(19)7-10-18-11-12-20(26-18)21(23)24/h1-12H,13-14H2,(H,23,24). The number of benzene rings is 2. The summed E-state index contributed by atoms with van der Waals surface area (Å²) in [4.78, 5) is 10.8. The van der Waals surface area contributed by atoms with Crippen molar-refractivity contribution in [3.63, 3.8) is 0 Å². The average Bonchev–Trinajstić information content (AvgIpc) is 3.12. The van der Waals surface area contributed by atoms with E-state index in [1.54, 1.807) is 30.4 Å². The summed E-state index contributed by atoms with van der Waals surface area (Å²) in [5.74, 6) is -0.309. The zero-order valence-electron chi connectivity index (χ0n) is 13.9. The van der Waals surface area contributed by atoms with Crippen LogP contribution < -0.4 is 4.74 Å². The first-order chi connectivity index (χ1) is 12.6. The molecular weight excluding hydrogens is 335 g/mol. The lowest BCUT2D eigenvalue weighted by molar-refractivity contribution is 0.0662. The van der Waals surface area contributed by atoms with Crippen molar-refractivity contribution in [1.29, 1.82) is 0 Å². The van der Waals surface area contributed by atoms with E-state index in [0.717, 1.165) is 11.1 Å². The minimum atomic E-state index is -1.10. The van der Waals surface area contributed by atoms with Gasteiger partial charge in [0, 0.05) is 12.0 Å². The predicted molar refractivity (Wildman–Crippen MR) is 96.6 cm³/mol. The van der Waals surface area contributed by atoms with Gasteiger partial charge in [0.25, 0.3) is 0 Å². The van der Waals surface area contributed by atoms with E-state index >= 15 is 0 Å². The normalized spacial score (nSPS) is 11.0. The second kappa shape index (κ2) is 8.16. The highest BCUT2D eigenvalue weighted by atomic mass is 19.1. The van der Waals surface area contributed by atoms with Crippen LogP contribution in [0.15, 0.2) is 65.1 Å². The SMILES string of the molecule is O=C(O)c1ccc(C=Cc2ccccc2OCCc2ccc(F)cc2)o1.